The number of nitrogens with one attached hydrogen (secondary N) is 1. The predicted octanol–water partition coefficient (Wildman–Crippen LogP) is 5.17. The largest absolute Gasteiger partial charge is 0.484 e. The minimum absolute atomic E-state index is 0.0286. The standard InChI is InChI=1S/C24H16BrNO6/c25-15-4-3-5-16(11-15)29-12-21(27)26-22-17-6-1-2-7-18(17)32-24(22)23(28)14-8-9-19-20(10-14)31-13-30-19/h1-11H,12-13H2,(H,26,27). The van der Waals surface area contributed by atoms with Crippen LogP contribution < -0.4 is 19.5 Å². The van der Waals surface area contributed by atoms with E-state index in [0.29, 0.717) is 39.5 Å². The van der Waals surface area contributed by atoms with Gasteiger partial charge < -0.3 is 23.9 Å². The second kappa shape index (κ2) is 8.39. The van der Waals surface area contributed by atoms with Crippen molar-refractivity contribution in [2.45, 2.75) is 0 Å². The highest BCUT2D eigenvalue weighted by Crippen LogP contribution is 2.36. The number of carbonyl (C=O) groups excluding carboxylic acids is 2. The molecule has 0 spiro atoms. The van der Waals surface area contributed by atoms with E-state index in [1.54, 1.807) is 54.6 Å². The third-order valence-electron chi connectivity index (χ3n) is 4.87. The van der Waals surface area contributed by atoms with Gasteiger partial charge in [-0.25, -0.2) is 0 Å². The van der Waals surface area contributed by atoms with Crippen molar-refractivity contribution >= 4 is 44.3 Å². The number of ketones is 1. The molecule has 7 nitrogen and oxygen atoms in total. The van der Waals surface area contributed by atoms with Gasteiger partial charge in [-0.1, -0.05) is 34.1 Å². The Balaban J connectivity index is 1.42. The number of hydrogen-bond donors (Lipinski definition) is 1. The van der Waals surface area contributed by atoms with Gasteiger partial charge in [0.05, 0.1) is 5.69 Å². The van der Waals surface area contributed by atoms with E-state index in [-0.39, 0.29) is 24.9 Å². The maximum atomic E-state index is 13.3. The van der Waals surface area contributed by atoms with Gasteiger partial charge in [-0.2, -0.15) is 0 Å². The van der Waals surface area contributed by atoms with Crippen molar-refractivity contribution in [1.82, 2.24) is 0 Å². The number of carbonyl (C=O) groups is 2. The Kier molecular flexibility index (Phi) is 5.28. The van der Waals surface area contributed by atoms with Crippen molar-refractivity contribution in [3.8, 4) is 17.2 Å². The van der Waals surface area contributed by atoms with E-state index in [4.69, 9.17) is 18.6 Å². The molecule has 0 saturated heterocycles. The number of amides is 1. The van der Waals surface area contributed by atoms with Crippen LogP contribution in [-0.2, 0) is 4.79 Å². The monoisotopic (exact) mass is 493 g/mol. The fourth-order valence-corrected chi connectivity index (χ4v) is 3.76. The maximum Gasteiger partial charge on any atom is 0.262 e. The number of para-hydroxylation sites is 1. The average Bonchev–Trinajstić information content (AvgIpc) is 3.42. The first kappa shape index (κ1) is 20.1. The van der Waals surface area contributed by atoms with Crippen molar-refractivity contribution in [2.75, 3.05) is 18.7 Å². The van der Waals surface area contributed by atoms with E-state index >= 15 is 0 Å². The first-order valence-corrected chi connectivity index (χ1v) is 10.5. The van der Waals surface area contributed by atoms with Gasteiger partial charge in [0.2, 0.25) is 12.6 Å². The lowest BCUT2D eigenvalue weighted by atomic mass is 10.1. The summed E-state index contributed by atoms with van der Waals surface area (Å²) in [6, 6.07) is 19.2. The van der Waals surface area contributed by atoms with Crippen LogP contribution in [0, 0.1) is 0 Å². The van der Waals surface area contributed by atoms with Crippen LogP contribution in [0.5, 0.6) is 17.2 Å². The lowest BCUT2D eigenvalue weighted by Gasteiger charge is -2.08. The predicted molar refractivity (Wildman–Crippen MR) is 120 cm³/mol. The highest BCUT2D eigenvalue weighted by Gasteiger charge is 2.25. The molecule has 1 amide bonds. The highest BCUT2D eigenvalue weighted by atomic mass is 79.9. The Labute approximate surface area is 191 Å². The van der Waals surface area contributed by atoms with Gasteiger partial charge in [-0.3, -0.25) is 9.59 Å². The van der Waals surface area contributed by atoms with E-state index in [1.807, 2.05) is 12.1 Å². The summed E-state index contributed by atoms with van der Waals surface area (Å²) in [6.45, 7) is -0.121. The summed E-state index contributed by atoms with van der Waals surface area (Å²) in [5.74, 6) is 0.826. The van der Waals surface area contributed by atoms with Gasteiger partial charge in [0, 0.05) is 15.4 Å². The molecule has 4 aromatic rings. The molecule has 5 rings (SSSR count). The van der Waals surface area contributed by atoms with Crippen molar-refractivity contribution in [1.29, 1.82) is 0 Å². The molecule has 1 aliphatic heterocycles. The number of benzene rings is 3. The van der Waals surface area contributed by atoms with E-state index < -0.39 is 5.91 Å². The number of halogens is 1. The summed E-state index contributed by atoms with van der Waals surface area (Å²) < 4.78 is 22.9. The molecule has 0 aliphatic carbocycles. The van der Waals surface area contributed by atoms with Crippen molar-refractivity contribution in [2.24, 2.45) is 0 Å². The molecule has 32 heavy (non-hydrogen) atoms. The third kappa shape index (κ3) is 3.92. The smallest absolute Gasteiger partial charge is 0.262 e. The molecular weight excluding hydrogens is 478 g/mol. The minimum Gasteiger partial charge on any atom is -0.484 e. The molecule has 1 aromatic heterocycles. The zero-order valence-corrected chi connectivity index (χ0v) is 18.2. The average molecular weight is 494 g/mol. The molecule has 1 N–H and O–H groups in total. The molecule has 0 unspecified atom stereocenters. The van der Waals surface area contributed by atoms with Crippen molar-refractivity contribution < 1.29 is 28.2 Å². The molecule has 1 aliphatic rings. The van der Waals surface area contributed by atoms with Crippen LogP contribution >= 0.6 is 15.9 Å². The second-order valence-corrected chi connectivity index (χ2v) is 7.91. The van der Waals surface area contributed by atoms with E-state index in [9.17, 15) is 9.59 Å². The summed E-state index contributed by atoms with van der Waals surface area (Å²) in [5, 5.41) is 3.39. The van der Waals surface area contributed by atoms with Gasteiger partial charge >= 0.3 is 0 Å². The number of rotatable bonds is 6. The third-order valence-corrected chi connectivity index (χ3v) is 5.36. The SMILES string of the molecule is O=C(COc1cccc(Br)c1)Nc1c(C(=O)c2ccc3c(c2)OCO3)oc2ccccc12. The van der Waals surface area contributed by atoms with Gasteiger partial charge in [-0.15, -0.1) is 0 Å². The molecule has 0 bridgehead atoms. The molecular formula is C24H16BrNO6. The Morgan fingerprint density at radius 3 is 2.69 bits per heavy atom. The first-order chi connectivity index (χ1) is 15.6. The zero-order chi connectivity index (χ0) is 22.1. The first-order valence-electron chi connectivity index (χ1n) is 9.72. The summed E-state index contributed by atoms with van der Waals surface area (Å²) in [6.07, 6.45) is 0. The fraction of sp³-hybridized carbons (Fsp3) is 0.0833. The molecule has 160 valence electrons. The molecule has 3 aromatic carbocycles. The normalized spacial score (nSPS) is 12.0. The van der Waals surface area contributed by atoms with Crippen LogP contribution in [0.25, 0.3) is 11.0 Å². The molecule has 0 radical (unpaired) electrons. The number of anilines is 1. The lowest BCUT2D eigenvalue weighted by Crippen LogP contribution is -2.21. The molecule has 2 heterocycles. The summed E-state index contributed by atoms with van der Waals surface area (Å²) in [5.41, 5.74) is 1.14. The zero-order valence-electron chi connectivity index (χ0n) is 16.6. The lowest BCUT2D eigenvalue weighted by molar-refractivity contribution is -0.118. The van der Waals surface area contributed by atoms with Gasteiger partial charge in [0.1, 0.15) is 11.3 Å². The topological polar surface area (TPSA) is 87.0 Å². The van der Waals surface area contributed by atoms with Crippen LogP contribution in [0.2, 0.25) is 0 Å². The Bertz CT molecular complexity index is 1350. The summed E-state index contributed by atoms with van der Waals surface area (Å²) >= 11 is 3.36. The van der Waals surface area contributed by atoms with Crippen molar-refractivity contribution in [3.05, 3.63) is 82.5 Å². The van der Waals surface area contributed by atoms with E-state index in [0.717, 1.165) is 4.47 Å². The Morgan fingerprint density at radius 1 is 0.969 bits per heavy atom. The number of furan rings is 1. The number of fused-ring (bicyclic) bond motifs is 2. The summed E-state index contributed by atoms with van der Waals surface area (Å²) in [4.78, 5) is 25.9. The van der Waals surface area contributed by atoms with Crippen LogP contribution in [0.1, 0.15) is 16.1 Å². The van der Waals surface area contributed by atoms with E-state index in [1.165, 1.54) is 0 Å². The molecule has 0 fully saturated rings. The van der Waals surface area contributed by atoms with Crippen LogP contribution in [0.15, 0.2) is 75.6 Å². The van der Waals surface area contributed by atoms with Gasteiger partial charge in [0.15, 0.2) is 23.9 Å². The van der Waals surface area contributed by atoms with Crippen LogP contribution in [0.4, 0.5) is 5.69 Å². The number of hydrogen-bond acceptors (Lipinski definition) is 6. The van der Waals surface area contributed by atoms with E-state index in [2.05, 4.69) is 21.2 Å². The van der Waals surface area contributed by atoms with Crippen LogP contribution in [-0.4, -0.2) is 25.1 Å². The number of ether oxygens (including phenoxy) is 3. The fourth-order valence-electron chi connectivity index (χ4n) is 3.38. The van der Waals surface area contributed by atoms with Crippen LogP contribution in [0.3, 0.4) is 0 Å². The molecule has 0 saturated carbocycles. The summed E-state index contributed by atoms with van der Waals surface area (Å²) in [7, 11) is 0. The molecule has 8 heteroatoms. The molecule has 0 atom stereocenters. The van der Waals surface area contributed by atoms with Gasteiger partial charge in [0.25, 0.3) is 5.91 Å². The quantitative estimate of drug-likeness (QED) is 0.372. The Hall–Kier alpha value is -3.78. The van der Waals surface area contributed by atoms with Gasteiger partial charge in [-0.05, 0) is 48.5 Å². The highest BCUT2D eigenvalue weighted by molar-refractivity contribution is 9.10. The maximum absolute atomic E-state index is 13.3. The minimum atomic E-state index is -0.420. The Morgan fingerprint density at radius 2 is 1.81 bits per heavy atom. The second-order valence-electron chi connectivity index (χ2n) is 6.99. The van der Waals surface area contributed by atoms with Crippen molar-refractivity contribution in [3.63, 3.8) is 0 Å².